The van der Waals surface area contributed by atoms with Crippen LogP contribution in [0.5, 0.6) is 5.75 Å². The van der Waals surface area contributed by atoms with E-state index in [0.29, 0.717) is 11.6 Å². The van der Waals surface area contributed by atoms with Gasteiger partial charge in [0.15, 0.2) is 6.79 Å². The van der Waals surface area contributed by atoms with Gasteiger partial charge in [0, 0.05) is 16.1 Å². The lowest BCUT2D eigenvalue weighted by molar-refractivity contribution is -0.0164. The normalized spacial score (nSPS) is 20.3. The molecule has 0 N–H and O–H groups in total. The molecule has 0 aromatic heterocycles. The van der Waals surface area contributed by atoms with E-state index in [9.17, 15) is 4.79 Å². The van der Waals surface area contributed by atoms with Crippen molar-refractivity contribution in [3.05, 3.63) is 28.3 Å². The van der Waals surface area contributed by atoms with E-state index in [1.807, 2.05) is 12.1 Å². The van der Waals surface area contributed by atoms with Gasteiger partial charge in [0.05, 0.1) is 12.1 Å². The summed E-state index contributed by atoms with van der Waals surface area (Å²) in [6, 6.07) is 3.76. The highest BCUT2D eigenvalue weighted by Crippen LogP contribution is 2.46. The predicted octanol–water partition coefficient (Wildman–Crippen LogP) is 3.31. The zero-order valence-electron chi connectivity index (χ0n) is 10.4. The molecule has 0 bridgehead atoms. The molecular weight excluding hydrogens is 266 g/mol. The molecule has 0 radical (unpaired) electrons. The molecule has 5 heteroatoms. The zero-order valence-corrected chi connectivity index (χ0v) is 11.2. The molecular formula is C14H14ClNO3. The molecule has 1 heterocycles. The van der Waals surface area contributed by atoms with Crippen molar-refractivity contribution >= 4 is 17.7 Å². The molecule has 1 aromatic rings. The van der Waals surface area contributed by atoms with E-state index < -0.39 is 5.54 Å². The molecule has 3 rings (SSSR count). The molecule has 0 amide bonds. The van der Waals surface area contributed by atoms with Gasteiger partial charge in [0.1, 0.15) is 5.75 Å². The molecule has 4 nitrogen and oxygen atoms in total. The minimum Gasteiger partial charge on any atom is -0.467 e. The van der Waals surface area contributed by atoms with E-state index in [1.165, 1.54) is 0 Å². The highest BCUT2D eigenvalue weighted by atomic mass is 35.5. The largest absolute Gasteiger partial charge is 0.467 e. The summed E-state index contributed by atoms with van der Waals surface area (Å²) in [5.41, 5.74) is 1.29. The summed E-state index contributed by atoms with van der Waals surface area (Å²) in [6.45, 7) is 0.747. The minimum atomic E-state index is -0.518. The third kappa shape index (κ3) is 2.16. The number of halogens is 1. The second-order valence-electron chi connectivity index (χ2n) is 4.99. The van der Waals surface area contributed by atoms with Crippen LogP contribution in [0.25, 0.3) is 0 Å². The van der Waals surface area contributed by atoms with Crippen LogP contribution in [-0.4, -0.2) is 12.9 Å². The molecule has 2 aliphatic rings. The van der Waals surface area contributed by atoms with Gasteiger partial charge >= 0.3 is 0 Å². The summed E-state index contributed by atoms with van der Waals surface area (Å²) >= 11 is 6.37. The number of fused-ring (bicyclic) bond motifs is 1. The first-order valence-corrected chi connectivity index (χ1v) is 6.75. The molecule has 1 aliphatic carbocycles. The van der Waals surface area contributed by atoms with E-state index in [0.717, 1.165) is 42.6 Å². The summed E-state index contributed by atoms with van der Waals surface area (Å²) in [4.78, 5) is 14.8. The van der Waals surface area contributed by atoms with E-state index in [1.54, 1.807) is 6.08 Å². The molecule has 100 valence electrons. The van der Waals surface area contributed by atoms with Crippen molar-refractivity contribution in [2.75, 3.05) is 6.79 Å². The lowest BCUT2D eigenvalue weighted by Crippen LogP contribution is -2.21. The van der Waals surface area contributed by atoms with Crippen molar-refractivity contribution in [3.8, 4) is 5.75 Å². The quantitative estimate of drug-likeness (QED) is 0.616. The summed E-state index contributed by atoms with van der Waals surface area (Å²) < 4.78 is 10.7. The monoisotopic (exact) mass is 279 g/mol. The van der Waals surface area contributed by atoms with Crippen LogP contribution in [0.15, 0.2) is 17.1 Å². The Kier molecular flexibility index (Phi) is 3.31. The van der Waals surface area contributed by atoms with Crippen molar-refractivity contribution in [1.82, 2.24) is 0 Å². The van der Waals surface area contributed by atoms with Crippen LogP contribution in [0.3, 0.4) is 0 Å². The molecule has 1 aliphatic heterocycles. The van der Waals surface area contributed by atoms with Gasteiger partial charge in [-0.2, -0.15) is 4.99 Å². The second-order valence-corrected chi connectivity index (χ2v) is 5.40. The summed E-state index contributed by atoms with van der Waals surface area (Å²) in [6.07, 6.45) is 5.46. The smallest absolute Gasteiger partial charge is 0.235 e. The topological polar surface area (TPSA) is 47.9 Å². The molecule has 19 heavy (non-hydrogen) atoms. The SMILES string of the molecule is O=C=NC1(c2cc3c(cc2Cl)COCO3)CCCC1. The molecule has 1 fully saturated rings. The second kappa shape index (κ2) is 4.97. The maximum Gasteiger partial charge on any atom is 0.235 e. The Balaban J connectivity index is 2.10. The Labute approximate surface area is 116 Å². The first kappa shape index (κ1) is 12.7. The fourth-order valence-electron chi connectivity index (χ4n) is 2.94. The molecule has 1 aromatic carbocycles. The summed E-state index contributed by atoms with van der Waals surface area (Å²) in [7, 11) is 0. The average molecular weight is 280 g/mol. The van der Waals surface area contributed by atoms with Crippen LogP contribution >= 0.6 is 11.6 Å². The minimum absolute atomic E-state index is 0.248. The molecule has 0 unspecified atom stereocenters. The standard InChI is InChI=1S/C14H14ClNO3/c15-12-5-10-7-18-9-19-13(10)6-11(12)14(16-8-17)3-1-2-4-14/h5-6H,1-4,7,9H2. The van der Waals surface area contributed by atoms with Gasteiger partial charge in [-0.3, -0.25) is 0 Å². The fraction of sp³-hybridized carbons (Fsp3) is 0.500. The lowest BCUT2D eigenvalue weighted by atomic mass is 9.88. The van der Waals surface area contributed by atoms with Gasteiger partial charge in [-0.15, -0.1) is 0 Å². The third-order valence-electron chi connectivity index (χ3n) is 3.90. The molecule has 1 saturated carbocycles. The Morgan fingerprint density at radius 2 is 2.11 bits per heavy atom. The van der Waals surface area contributed by atoms with Crippen LogP contribution < -0.4 is 4.74 Å². The highest BCUT2D eigenvalue weighted by Gasteiger charge is 2.38. The number of hydrogen-bond donors (Lipinski definition) is 0. The van der Waals surface area contributed by atoms with Gasteiger partial charge < -0.3 is 9.47 Å². The number of benzene rings is 1. The number of isocyanates is 1. The molecule has 0 spiro atoms. The van der Waals surface area contributed by atoms with Gasteiger partial charge in [0.2, 0.25) is 6.08 Å². The van der Waals surface area contributed by atoms with Gasteiger partial charge in [-0.1, -0.05) is 24.4 Å². The maximum atomic E-state index is 10.8. The van der Waals surface area contributed by atoms with E-state index in [2.05, 4.69) is 4.99 Å². The van der Waals surface area contributed by atoms with Crippen LogP contribution in [0.1, 0.15) is 36.8 Å². The number of rotatable bonds is 2. The first-order chi connectivity index (χ1) is 9.25. The van der Waals surface area contributed by atoms with Crippen LogP contribution in [-0.2, 0) is 21.7 Å². The van der Waals surface area contributed by atoms with E-state index in [-0.39, 0.29) is 6.79 Å². The third-order valence-corrected chi connectivity index (χ3v) is 4.21. The summed E-state index contributed by atoms with van der Waals surface area (Å²) in [5, 5.41) is 0.619. The van der Waals surface area contributed by atoms with Gasteiger partial charge in [0.25, 0.3) is 0 Å². The molecule has 0 saturated heterocycles. The average Bonchev–Trinajstić information content (AvgIpc) is 2.88. The maximum absolute atomic E-state index is 10.8. The van der Waals surface area contributed by atoms with E-state index >= 15 is 0 Å². The number of aliphatic imine (C=N–C) groups is 1. The molecule has 0 atom stereocenters. The zero-order chi connectivity index (χ0) is 13.3. The van der Waals surface area contributed by atoms with Gasteiger partial charge in [-0.25, -0.2) is 4.79 Å². The number of carbonyl (C=O) groups excluding carboxylic acids is 1. The van der Waals surface area contributed by atoms with Gasteiger partial charge in [-0.05, 0) is 25.0 Å². The van der Waals surface area contributed by atoms with E-state index in [4.69, 9.17) is 21.1 Å². The number of hydrogen-bond acceptors (Lipinski definition) is 4. The van der Waals surface area contributed by atoms with Crippen molar-refractivity contribution in [2.45, 2.75) is 37.8 Å². The van der Waals surface area contributed by atoms with Crippen LogP contribution in [0.4, 0.5) is 0 Å². The van der Waals surface area contributed by atoms with Crippen molar-refractivity contribution in [3.63, 3.8) is 0 Å². The number of nitrogens with zero attached hydrogens (tertiary/aromatic N) is 1. The first-order valence-electron chi connectivity index (χ1n) is 6.38. The highest BCUT2D eigenvalue weighted by molar-refractivity contribution is 6.31. The van der Waals surface area contributed by atoms with Crippen molar-refractivity contribution in [1.29, 1.82) is 0 Å². The number of ether oxygens (including phenoxy) is 2. The van der Waals surface area contributed by atoms with Crippen molar-refractivity contribution in [2.24, 2.45) is 4.99 Å². The Hall–Kier alpha value is -1.35. The predicted molar refractivity (Wildman–Crippen MR) is 70.0 cm³/mol. The fourth-order valence-corrected chi connectivity index (χ4v) is 3.31. The Bertz CT molecular complexity index is 546. The Morgan fingerprint density at radius 1 is 1.32 bits per heavy atom. The van der Waals surface area contributed by atoms with Crippen LogP contribution in [0, 0.1) is 0 Å². The van der Waals surface area contributed by atoms with Crippen LogP contribution in [0.2, 0.25) is 5.02 Å². The lowest BCUT2D eigenvalue weighted by Gasteiger charge is -2.27. The summed E-state index contributed by atoms with van der Waals surface area (Å²) in [5.74, 6) is 0.776. The van der Waals surface area contributed by atoms with Crippen molar-refractivity contribution < 1.29 is 14.3 Å². The Morgan fingerprint density at radius 3 is 2.84 bits per heavy atom.